The number of carbonyl (C=O) groups excluding carboxylic acids is 2. The van der Waals surface area contributed by atoms with E-state index in [2.05, 4.69) is 71.1 Å². The van der Waals surface area contributed by atoms with Gasteiger partial charge in [-0.05, 0) is 55.4 Å². The molecule has 0 radical (unpaired) electrons. The average molecular weight is 436 g/mol. The van der Waals surface area contributed by atoms with Crippen molar-refractivity contribution < 1.29 is 9.59 Å². The molecule has 0 aliphatic carbocycles. The highest BCUT2D eigenvalue weighted by Gasteiger charge is 2.32. The molecule has 1 heterocycles. The highest BCUT2D eigenvalue weighted by molar-refractivity contribution is 7.28. The zero-order valence-corrected chi connectivity index (χ0v) is 20.8. The number of amides is 2. The number of hydrogen-bond acceptors (Lipinski definition) is 4. The molecule has 1 saturated heterocycles. The SMILES string of the molecule is CCC.CCCC(C(=O)NC=O)c1ccc(N2CC(N(CCC)CCC)C2)c(P)c1. The predicted molar refractivity (Wildman–Crippen MR) is 132 cm³/mol. The number of benzene rings is 1. The first-order chi connectivity index (χ1) is 14.5. The Balaban J connectivity index is 0.00000141. The second kappa shape index (κ2) is 14.5. The lowest BCUT2D eigenvalue weighted by atomic mass is 9.93. The van der Waals surface area contributed by atoms with Gasteiger partial charge in [-0.15, -0.1) is 9.24 Å². The number of imide groups is 1. The van der Waals surface area contributed by atoms with E-state index in [1.54, 1.807) is 0 Å². The molecule has 0 aromatic heterocycles. The second-order valence-corrected chi connectivity index (χ2v) is 8.71. The minimum atomic E-state index is -0.276. The van der Waals surface area contributed by atoms with Gasteiger partial charge in [0.2, 0.25) is 12.3 Å². The van der Waals surface area contributed by atoms with Gasteiger partial charge in [0.25, 0.3) is 0 Å². The summed E-state index contributed by atoms with van der Waals surface area (Å²) in [6.45, 7) is 15.2. The molecule has 6 heteroatoms. The summed E-state index contributed by atoms with van der Waals surface area (Å²) in [7, 11) is 2.82. The zero-order valence-electron chi connectivity index (χ0n) is 19.6. The molecule has 30 heavy (non-hydrogen) atoms. The fourth-order valence-electron chi connectivity index (χ4n) is 3.91. The van der Waals surface area contributed by atoms with Crippen LogP contribution >= 0.6 is 9.24 Å². The van der Waals surface area contributed by atoms with E-state index in [4.69, 9.17) is 0 Å². The first kappa shape index (κ1) is 26.6. The molecule has 2 amide bonds. The van der Waals surface area contributed by atoms with Crippen molar-refractivity contribution >= 4 is 32.5 Å². The molecule has 2 atom stereocenters. The second-order valence-electron chi connectivity index (χ2n) is 8.09. The van der Waals surface area contributed by atoms with Crippen molar-refractivity contribution in [2.24, 2.45) is 0 Å². The molecule has 5 nitrogen and oxygen atoms in total. The number of nitrogens with zero attached hydrogens (tertiary/aromatic N) is 2. The van der Waals surface area contributed by atoms with Gasteiger partial charge < -0.3 is 4.90 Å². The van der Waals surface area contributed by atoms with Crippen molar-refractivity contribution in [1.29, 1.82) is 0 Å². The lowest BCUT2D eigenvalue weighted by Gasteiger charge is -2.47. The Hall–Kier alpha value is -1.45. The van der Waals surface area contributed by atoms with E-state index in [0.29, 0.717) is 12.5 Å². The molecule has 0 spiro atoms. The summed E-state index contributed by atoms with van der Waals surface area (Å²) in [6, 6.07) is 6.87. The van der Waals surface area contributed by atoms with Crippen molar-refractivity contribution in [1.82, 2.24) is 10.2 Å². The smallest absolute Gasteiger partial charge is 0.233 e. The van der Waals surface area contributed by atoms with Crippen LogP contribution in [0.4, 0.5) is 5.69 Å². The van der Waals surface area contributed by atoms with E-state index >= 15 is 0 Å². The van der Waals surface area contributed by atoms with Gasteiger partial charge in [0, 0.05) is 24.8 Å². The van der Waals surface area contributed by atoms with Crippen LogP contribution in [-0.4, -0.2) is 49.4 Å². The number of rotatable bonds is 11. The van der Waals surface area contributed by atoms with E-state index in [1.165, 1.54) is 38.0 Å². The molecular formula is C24H42N3O2P. The van der Waals surface area contributed by atoms with E-state index in [9.17, 15) is 9.59 Å². The Morgan fingerprint density at radius 1 is 1.17 bits per heavy atom. The molecule has 2 rings (SSSR count). The van der Waals surface area contributed by atoms with Crippen molar-refractivity contribution in [2.75, 3.05) is 31.1 Å². The Morgan fingerprint density at radius 3 is 2.23 bits per heavy atom. The van der Waals surface area contributed by atoms with Crippen LogP contribution in [-0.2, 0) is 9.59 Å². The third kappa shape index (κ3) is 7.67. The molecular weight excluding hydrogens is 393 g/mol. The summed E-state index contributed by atoms with van der Waals surface area (Å²) >= 11 is 0. The van der Waals surface area contributed by atoms with Crippen molar-refractivity contribution in [3.63, 3.8) is 0 Å². The Bertz CT molecular complexity index is 641. The van der Waals surface area contributed by atoms with E-state index in [0.717, 1.165) is 36.8 Å². The van der Waals surface area contributed by atoms with E-state index in [1.807, 2.05) is 6.07 Å². The van der Waals surface area contributed by atoms with Crippen LogP contribution in [0.15, 0.2) is 18.2 Å². The van der Waals surface area contributed by atoms with Crippen molar-refractivity contribution in [2.45, 2.75) is 78.7 Å². The van der Waals surface area contributed by atoms with Gasteiger partial charge >= 0.3 is 0 Å². The van der Waals surface area contributed by atoms with Crippen molar-refractivity contribution in [3.8, 4) is 0 Å². The first-order valence-electron chi connectivity index (χ1n) is 11.6. The third-order valence-corrected chi connectivity index (χ3v) is 5.75. The number of anilines is 1. The summed E-state index contributed by atoms with van der Waals surface area (Å²) < 4.78 is 0. The van der Waals surface area contributed by atoms with Gasteiger partial charge in [-0.2, -0.15) is 0 Å². The number of carbonyl (C=O) groups is 2. The molecule has 1 fully saturated rings. The summed E-state index contributed by atoms with van der Waals surface area (Å²) in [4.78, 5) is 27.9. The summed E-state index contributed by atoms with van der Waals surface area (Å²) in [5.41, 5.74) is 2.19. The Morgan fingerprint density at radius 2 is 1.77 bits per heavy atom. The van der Waals surface area contributed by atoms with Crippen molar-refractivity contribution in [3.05, 3.63) is 23.8 Å². The fourth-order valence-corrected chi connectivity index (χ4v) is 4.38. The maximum atomic E-state index is 12.2. The van der Waals surface area contributed by atoms with Crippen LogP contribution in [0.25, 0.3) is 0 Å². The lowest BCUT2D eigenvalue weighted by molar-refractivity contribution is -0.126. The van der Waals surface area contributed by atoms with Crippen LogP contribution < -0.4 is 15.5 Å². The average Bonchev–Trinajstić information content (AvgIpc) is 2.67. The molecule has 0 saturated carbocycles. The normalized spacial score (nSPS) is 14.6. The maximum absolute atomic E-state index is 12.2. The lowest BCUT2D eigenvalue weighted by Crippen LogP contribution is -2.60. The molecule has 0 bridgehead atoms. The summed E-state index contributed by atoms with van der Waals surface area (Å²) in [5.74, 6) is -0.495. The Kier molecular flexibility index (Phi) is 12.9. The molecule has 2 unspecified atom stereocenters. The fraction of sp³-hybridized carbons (Fsp3) is 0.667. The van der Waals surface area contributed by atoms with Crippen LogP contribution in [0.1, 0.15) is 78.2 Å². The maximum Gasteiger partial charge on any atom is 0.233 e. The van der Waals surface area contributed by atoms with Gasteiger partial charge in [0.05, 0.1) is 5.92 Å². The Labute approximate surface area is 186 Å². The van der Waals surface area contributed by atoms with Crippen LogP contribution in [0.2, 0.25) is 0 Å². The van der Waals surface area contributed by atoms with Crippen LogP contribution in [0.3, 0.4) is 0 Å². The van der Waals surface area contributed by atoms with Crippen LogP contribution in [0.5, 0.6) is 0 Å². The minimum absolute atomic E-state index is 0.220. The quantitative estimate of drug-likeness (QED) is 0.421. The molecule has 170 valence electrons. The predicted octanol–water partition coefficient (Wildman–Crippen LogP) is 4.07. The van der Waals surface area contributed by atoms with Gasteiger partial charge in [0.15, 0.2) is 0 Å². The molecule has 1 N–H and O–H groups in total. The minimum Gasteiger partial charge on any atom is -0.368 e. The van der Waals surface area contributed by atoms with Gasteiger partial charge in [-0.3, -0.25) is 19.8 Å². The summed E-state index contributed by atoms with van der Waals surface area (Å²) in [5, 5.41) is 3.42. The zero-order chi connectivity index (χ0) is 22.5. The molecule has 1 aliphatic heterocycles. The van der Waals surface area contributed by atoms with Gasteiger partial charge in [-0.25, -0.2) is 0 Å². The standard InChI is InChI=1S/C21H34N3O2P.C3H8/c1-4-7-18(21(26)22-15-25)16-8-9-19(20(27)12-16)24-13-17(14-24)23(10-5-2)11-6-3;1-3-2/h8-9,12,15,17-18H,4-7,10-11,13-14,27H2,1-3H3,(H,22,25,26);3H2,1-2H3. The molecule has 1 aromatic rings. The molecule has 1 aromatic carbocycles. The van der Waals surface area contributed by atoms with Gasteiger partial charge in [-0.1, -0.05) is 53.5 Å². The van der Waals surface area contributed by atoms with E-state index in [-0.39, 0.29) is 11.8 Å². The first-order valence-corrected chi connectivity index (χ1v) is 12.2. The van der Waals surface area contributed by atoms with Crippen LogP contribution in [0, 0.1) is 0 Å². The number of hydrogen-bond donors (Lipinski definition) is 1. The number of nitrogens with one attached hydrogen (secondary N) is 1. The monoisotopic (exact) mass is 435 g/mol. The largest absolute Gasteiger partial charge is 0.368 e. The van der Waals surface area contributed by atoms with E-state index < -0.39 is 0 Å². The third-order valence-electron chi connectivity index (χ3n) is 5.29. The molecule has 1 aliphatic rings. The highest BCUT2D eigenvalue weighted by Crippen LogP contribution is 2.28. The topological polar surface area (TPSA) is 52.7 Å². The highest BCUT2D eigenvalue weighted by atomic mass is 31.0. The van der Waals surface area contributed by atoms with Gasteiger partial charge in [0.1, 0.15) is 0 Å². The summed E-state index contributed by atoms with van der Waals surface area (Å²) in [6.07, 6.45) is 5.74.